The topological polar surface area (TPSA) is 197 Å². The number of aliphatic hydroxyl groups is 6. The highest BCUT2D eigenvalue weighted by Gasteiger charge is 2.52. The van der Waals surface area contributed by atoms with Crippen molar-refractivity contribution >= 4 is 5.97 Å². The lowest BCUT2D eigenvalue weighted by molar-refractivity contribution is -0.288. The van der Waals surface area contributed by atoms with Gasteiger partial charge in [-0.15, -0.1) is 0 Å². The minimum absolute atomic E-state index is 0.0189. The van der Waals surface area contributed by atoms with Crippen molar-refractivity contribution in [2.24, 2.45) is 17.8 Å². The Hall–Kier alpha value is -0.970. The molecule has 3 rings (SSSR count). The van der Waals surface area contributed by atoms with Crippen molar-refractivity contribution in [2.75, 3.05) is 14.2 Å². The summed E-state index contributed by atoms with van der Waals surface area (Å²) in [6, 6.07) is -0.328. The molecule has 0 aromatic rings. The van der Waals surface area contributed by atoms with Gasteiger partial charge in [-0.3, -0.25) is 4.79 Å². The van der Waals surface area contributed by atoms with E-state index in [9.17, 15) is 35.4 Å². The van der Waals surface area contributed by atoms with Crippen LogP contribution in [0.2, 0.25) is 0 Å². The van der Waals surface area contributed by atoms with E-state index < -0.39 is 95.6 Å². The lowest BCUT2D eigenvalue weighted by atomic mass is 9.73. The molecule has 0 aromatic carbocycles. The van der Waals surface area contributed by atoms with Crippen LogP contribution in [0.4, 0.5) is 0 Å². The van der Waals surface area contributed by atoms with Crippen molar-refractivity contribution < 1.29 is 59.1 Å². The molecule has 3 heterocycles. The van der Waals surface area contributed by atoms with Crippen molar-refractivity contribution in [1.82, 2.24) is 5.32 Å². The van der Waals surface area contributed by atoms with Crippen molar-refractivity contribution in [3.05, 3.63) is 0 Å². The Kier molecular flexibility index (Phi) is 13.7. The summed E-state index contributed by atoms with van der Waals surface area (Å²) in [5.74, 6) is -3.05. The molecule has 3 saturated heterocycles. The Labute approximate surface area is 280 Å². The average molecular weight is 678 g/mol. The van der Waals surface area contributed by atoms with Crippen LogP contribution in [0.15, 0.2) is 0 Å². The number of aliphatic hydroxyl groups excluding tert-OH is 4. The number of hydrogen-bond acceptors (Lipinski definition) is 13. The van der Waals surface area contributed by atoms with Gasteiger partial charge in [0.05, 0.1) is 53.7 Å². The maximum atomic E-state index is 14.0. The molecule has 13 nitrogen and oxygen atoms in total. The molecule has 0 saturated carbocycles. The van der Waals surface area contributed by atoms with Gasteiger partial charge in [0, 0.05) is 31.4 Å². The van der Waals surface area contributed by atoms with Crippen molar-refractivity contribution in [3.8, 4) is 0 Å². The molecule has 13 heteroatoms. The quantitative estimate of drug-likeness (QED) is 0.197. The van der Waals surface area contributed by atoms with E-state index in [2.05, 4.69) is 5.32 Å². The van der Waals surface area contributed by atoms with Gasteiger partial charge in [-0.25, -0.2) is 0 Å². The average Bonchev–Trinajstić information content (AvgIpc) is 3.02. The van der Waals surface area contributed by atoms with Gasteiger partial charge < -0.3 is 59.6 Å². The Morgan fingerprint density at radius 3 is 2.19 bits per heavy atom. The van der Waals surface area contributed by atoms with Gasteiger partial charge in [0.1, 0.15) is 23.9 Å². The summed E-state index contributed by atoms with van der Waals surface area (Å²) in [6.07, 6.45) is -8.38. The monoisotopic (exact) mass is 677 g/mol. The fraction of sp³-hybridized carbons (Fsp3) is 0.971. The first kappa shape index (κ1) is 40.5. The molecule has 0 bridgehead atoms. The molecule has 3 aliphatic rings. The fourth-order valence-electron chi connectivity index (χ4n) is 7.70. The zero-order chi connectivity index (χ0) is 35.6. The van der Waals surface area contributed by atoms with E-state index in [1.54, 1.807) is 48.6 Å². The van der Waals surface area contributed by atoms with Gasteiger partial charge in [0.25, 0.3) is 0 Å². The van der Waals surface area contributed by atoms with Crippen molar-refractivity contribution in [2.45, 2.75) is 178 Å². The molecule has 0 amide bonds. The molecule has 3 fully saturated rings. The molecule has 47 heavy (non-hydrogen) atoms. The number of esters is 1. The molecule has 0 spiro atoms. The Morgan fingerprint density at radius 1 is 0.979 bits per heavy atom. The molecule has 7 N–H and O–H groups in total. The van der Waals surface area contributed by atoms with Crippen LogP contribution in [-0.2, 0) is 28.5 Å². The lowest BCUT2D eigenvalue weighted by Gasteiger charge is -2.49. The predicted molar refractivity (Wildman–Crippen MR) is 172 cm³/mol. The zero-order valence-electron chi connectivity index (χ0n) is 30.0. The van der Waals surface area contributed by atoms with Crippen LogP contribution in [0.1, 0.15) is 93.9 Å². The number of rotatable bonds is 6. The standard InChI is InChI=1S/C34H63NO12/c1-11-25-34(8,42)28(38)19(4)23(36)12-13-32(6,41)26(47-31-27(37)22(35-9)14-17(2)44-31)15-21(18(3)30(40)46-25)24-16-33(7,43-10)29(39)20(5)45-24/h17-29,31,35-39,41-42H,11-16H2,1-10H3/t17-,18-,19+,20+,21+,22+,23+,24?,25-,26-,27-,28-,29+,31+,32-,33-,34-/m1/s1. The Balaban J connectivity index is 2.13. The SMILES string of the molecule is CC[C@H]1OC(=O)[C@H](C)[C@@H](C2C[C@@](C)(OC)[C@@H](O)[C@H](C)O2)C[C@@H](O[C@@H]2O[C@H](C)C[C@H](NC)[C@H]2O)[C@](C)(O)CC[C@H](O)[C@H](C)[C@@H](O)[C@]1(C)O. The van der Waals surface area contributed by atoms with Crippen LogP contribution in [0.3, 0.4) is 0 Å². The third kappa shape index (κ3) is 8.86. The summed E-state index contributed by atoms with van der Waals surface area (Å²) in [5.41, 5.74) is -4.53. The zero-order valence-corrected chi connectivity index (χ0v) is 30.0. The largest absolute Gasteiger partial charge is 0.459 e. The number of carbonyl (C=O) groups excluding carboxylic acids is 1. The number of carbonyl (C=O) groups is 1. The minimum Gasteiger partial charge on any atom is -0.459 e. The molecule has 3 aliphatic heterocycles. The summed E-state index contributed by atoms with van der Waals surface area (Å²) >= 11 is 0. The number of nitrogens with one attached hydrogen (secondary N) is 1. The fourth-order valence-corrected chi connectivity index (χ4v) is 7.70. The van der Waals surface area contributed by atoms with Crippen LogP contribution in [0.5, 0.6) is 0 Å². The maximum absolute atomic E-state index is 14.0. The highest BCUT2D eigenvalue weighted by Crippen LogP contribution is 2.42. The third-order valence-corrected chi connectivity index (χ3v) is 11.4. The Bertz CT molecular complexity index is 1010. The summed E-state index contributed by atoms with van der Waals surface area (Å²) in [6.45, 7) is 13.4. The first-order valence-electron chi connectivity index (χ1n) is 17.3. The number of cyclic esters (lactones) is 1. The van der Waals surface area contributed by atoms with Gasteiger partial charge in [0.2, 0.25) is 0 Å². The van der Waals surface area contributed by atoms with E-state index in [4.69, 9.17) is 23.7 Å². The summed E-state index contributed by atoms with van der Waals surface area (Å²) in [4.78, 5) is 14.0. The number of hydrogen-bond donors (Lipinski definition) is 7. The number of likely N-dealkylation sites (N-methyl/N-ethyl adjacent to an activating group) is 1. The molecule has 0 aromatic heterocycles. The normalized spacial score (nSPS) is 51.2. The van der Waals surface area contributed by atoms with Gasteiger partial charge in [-0.1, -0.05) is 20.8 Å². The van der Waals surface area contributed by atoms with E-state index in [-0.39, 0.29) is 44.2 Å². The second-order valence-corrected chi connectivity index (χ2v) is 15.1. The highest BCUT2D eigenvalue weighted by molar-refractivity contribution is 5.72. The molecule has 0 aliphatic carbocycles. The third-order valence-electron chi connectivity index (χ3n) is 11.4. The highest BCUT2D eigenvalue weighted by atomic mass is 16.7. The van der Waals surface area contributed by atoms with E-state index in [1.165, 1.54) is 14.0 Å². The second-order valence-electron chi connectivity index (χ2n) is 15.1. The number of methoxy groups -OCH3 is 1. The molecule has 17 atom stereocenters. The molecule has 1 unspecified atom stereocenters. The molecular weight excluding hydrogens is 614 g/mol. The van der Waals surface area contributed by atoms with E-state index in [1.807, 2.05) is 6.92 Å². The minimum atomic E-state index is -1.89. The first-order chi connectivity index (χ1) is 21.7. The van der Waals surface area contributed by atoms with E-state index >= 15 is 0 Å². The van der Waals surface area contributed by atoms with Crippen molar-refractivity contribution in [1.29, 1.82) is 0 Å². The van der Waals surface area contributed by atoms with Crippen LogP contribution in [0.25, 0.3) is 0 Å². The van der Waals surface area contributed by atoms with E-state index in [0.717, 1.165) is 0 Å². The van der Waals surface area contributed by atoms with Gasteiger partial charge >= 0.3 is 5.97 Å². The number of ether oxygens (including phenoxy) is 5. The molecular formula is C34H63NO12. The van der Waals surface area contributed by atoms with E-state index in [0.29, 0.717) is 6.42 Å². The summed E-state index contributed by atoms with van der Waals surface area (Å²) in [7, 11) is 3.25. The molecule has 276 valence electrons. The summed E-state index contributed by atoms with van der Waals surface area (Å²) in [5, 5.41) is 71.2. The van der Waals surface area contributed by atoms with Crippen LogP contribution >= 0.6 is 0 Å². The van der Waals surface area contributed by atoms with Crippen molar-refractivity contribution in [3.63, 3.8) is 0 Å². The first-order valence-corrected chi connectivity index (χ1v) is 17.3. The van der Waals surface area contributed by atoms with Gasteiger partial charge in [0.15, 0.2) is 6.29 Å². The maximum Gasteiger partial charge on any atom is 0.309 e. The van der Waals surface area contributed by atoms with Gasteiger partial charge in [-0.05, 0) is 73.8 Å². The summed E-state index contributed by atoms with van der Waals surface area (Å²) < 4.78 is 30.6. The van der Waals surface area contributed by atoms with Crippen LogP contribution in [-0.4, -0.2) is 135 Å². The molecule has 0 radical (unpaired) electrons. The van der Waals surface area contributed by atoms with Crippen LogP contribution in [0, 0.1) is 17.8 Å². The van der Waals surface area contributed by atoms with Gasteiger partial charge in [-0.2, -0.15) is 0 Å². The Morgan fingerprint density at radius 2 is 1.62 bits per heavy atom. The lowest BCUT2D eigenvalue weighted by Crippen LogP contribution is -2.60. The predicted octanol–water partition coefficient (Wildman–Crippen LogP) is 1.02. The van der Waals surface area contributed by atoms with Crippen LogP contribution < -0.4 is 5.32 Å². The smallest absolute Gasteiger partial charge is 0.309 e. The second kappa shape index (κ2) is 15.9.